The molecule has 0 spiro atoms. The molecule has 0 bridgehead atoms. The molecule has 3 aromatic carbocycles. The third-order valence-electron chi connectivity index (χ3n) is 8.72. The van der Waals surface area contributed by atoms with Gasteiger partial charge >= 0.3 is 39.5 Å². The summed E-state index contributed by atoms with van der Waals surface area (Å²) in [6.07, 6.45) is -4.15. The minimum Gasteiger partial charge on any atom is -0.427 e. The van der Waals surface area contributed by atoms with Crippen molar-refractivity contribution in [1.82, 2.24) is 9.55 Å². The highest BCUT2D eigenvalue weighted by Gasteiger charge is 2.42. The zero-order valence-corrected chi connectivity index (χ0v) is 34.0. The van der Waals surface area contributed by atoms with Crippen LogP contribution in [0.2, 0.25) is 0 Å². The maximum atomic E-state index is 14.0. The molecule has 1 aliphatic rings. The van der Waals surface area contributed by atoms with E-state index in [-0.39, 0.29) is 41.0 Å². The van der Waals surface area contributed by atoms with Crippen LogP contribution in [0.5, 0.6) is 11.5 Å². The number of carbonyl (C=O) groups excluding carboxylic acids is 2. The number of carbonyl (C=O) groups is 2. The predicted octanol–water partition coefficient (Wildman–Crippen LogP) is 7.82. The molecule has 326 valence electrons. The molecule has 4 aromatic rings. The minimum atomic E-state index is -5.39. The van der Waals surface area contributed by atoms with Crippen LogP contribution < -0.4 is 20.7 Å². The molecule has 0 saturated carbocycles. The first kappa shape index (κ1) is 46.7. The third-order valence-corrected chi connectivity index (χ3v) is 11.7. The van der Waals surface area contributed by atoms with Gasteiger partial charge in [-0.05, 0) is 78.5 Å². The Morgan fingerprint density at radius 3 is 2.10 bits per heavy atom. The molecule has 0 radical (unpaired) electrons. The van der Waals surface area contributed by atoms with E-state index < -0.39 is 88.8 Å². The van der Waals surface area contributed by atoms with Crippen LogP contribution in [0.4, 0.5) is 13.2 Å². The molecule has 2 N–H and O–H groups in total. The molecular weight excluding hydrogens is 857 g/mol. The van der Waals surface area contributed by atoms with E-state index in [1.54, 1.807) is 0 Å². The Morgan fingerprint density at radius 1 is 0.951 bits per heavy atom. The maximum absolute atomic E-state index is 14.0. The predicted molar refractivity (Wildman–Crippen MR) is 206 cm³/mol. The number of aromatic nitrogens is 2. The van der Waals surface area contributed by atoms with Crippen LogP contribution in [0.1, 0.15) is 71.4 Å². The average Bonchev–Trinajstić information content (AvgIpc) is 3.62. The Balaban J connectivity index is 1.27. The summed E-state index contributed by atoms with van der Waals surface area (Å²) in [5.41, 5.74) is 7.31. The topological polar surface area (TPSA) is 257 Å². The SMILES string of the molecule is CCCCC(=O)Oc1ccc(COP(=O)(OCc2ccc(OC(=O)c3ccc(C(F)(F)F)cc3)cc2)OP(=O)(O)OC[C@H]2O[C@@H](n3cc(C)c(=O)[nH]c3=O)CC2N=[N+]=[N-])cc1. The molecule has 1 fully saturated rings. The Labute approximate surface area is 344 Å². The summed E-state index contributed by atoms with van der Waals surface area (Å²) in [6, 6.07) is 13.4. The van der Waals surface area contributed by atoms with E-state index in [9.17, 15) is 46.4 Å². The van der Waals surface area contributed by atoms with Gasteiger partial charge in [-0.1, -0.05) is 42.7 Å². The van der Waals surface area contributed by atoms with E-state index >= 15 is 0 Å². The second-order valence-electron chi connectivity index (χ2n) is 13.3. The number of azide groups is 1. The van der Waals surface area contributed by atoms with Crippen molar-refractivity contribution in [2.75, 3.05) is 6.61 Å². The summed E-state index contributed by atoms with van der Waals surface area (Å²) in [5.74, 6) is -1.19. The second kappa shape index (κ2) is 20.4. The van der Waals surface area contributed by atoms with Crippen LogP contribution in [0.25, 0.3) is 10.4 Å². The number of H-pyrrole nitrogens is 1. The number of esters is 2. The molecule has 5 rings (SSSR count). The molecule has 1 aliphatic heterocycles. The molecule has 24 heteroatoms. The van der Waals surface area contributed by atoms with Gasteiger partial charge in [-0.15, -0.1) is 0 Å². The minimum absolute atomic E-state index is 0.0203. The highest BCUT2D eigenvalue weighted by molar-refractivity contribution is 7.61. The zero-order valence-electron chi connectivity index (χ0n) is 32.3. The standard InChI is InChI=1S/C37H38F3N5O14P2/c1-3-4-5-33(46)56-28-14-6-24(7-15-28)20-54-61(52,55-21-25-8-16-29(17-9-25)57-35(48)26-10-12-27(13-11-26)37(38,39)40)59-60(50,51)53-22-31-30(43-44-41)18-32(58-31)45-19-23(2)34(47)42-36(45)49/h6-17,19,30-32H,3-5,18,20-22H2,1-2H3,(H,50,51)(H,42,47,49)/t30?,31-,32-,61?/m1/s1. The quantitative estimate of drug-likeness (QED) is 0.0227. The van der Waals surface area contributed by atoms with E-state index in [1.165, 1.54) is 61.7 Å². The zero-order chi connectivity index (χ0) is 44.4. The first-order valence-corrected chi connectivity index (χ1v) is 21.2. The molecular formula is C37H38F3N5O14P2. The molecule has 5 atom stereocenters. The van der Waals surface area contributed by atoms with Crippen molar-refractivity contribution >= 4 is 27.6 Å². The normalized spacial score (nSPS) is 18.4. The van der Waals surface area contributed by atoms with Gasteiger partial charge in [0.1, 0.15) is 17.7 Å². The largest absolute Gasteiger partial charge is 0.484 e. The Morgan fingerprint density at radius 2 is 1.54 bits per heavy atom. The van der Waals surface area contributed by atoms with Crippen molar-refractivity contribution in [1.29, 1.82) is 0 Å². The molecule has 1 saturated heterocycles. The van der Waals surface area contributed by atoms with Crippen LogP contribution in [0.15, 0.2) is 93.7 Å². The lowest BCUT2D eigenvalue weighted by Gasteiger charge is -2.22. The molecule has 61 heavy (non-hydrogen) atoms. The highest BCUT2D eigenvalue weighted by atomic mass is 31.3. The van der Waals surface area contributed by atoms with E-state index in [4.69, 9.17) is 37.6 Å². The monoisotopic (exact) mass is 895 g/mol. The van der Waals surface area contributed by atoms with Crippen LogP contribution in [-0.2, 0) is 55.9 Å². The van der Waals surface area contributed by atoms with E-state index in [0.29, 0.717) is 12.0 Å². The first-order valence-electron chi connectivity index (χ1n) is 18.2. The molecule has 3 unspecified atom stereocenters. The van der Waals surface area contributed by atoms with Gasteiger partial charge in [0.2, 0.25) is 0 Å². The number of hydrogen-bond acceptors (Lipinski definition) is 14. The van der Waals surface area contributed by atoms with Gasteiger partial charge < -0.3 is 19.1 Å². The number of hydrogen-bond donors (Lipinski definition) is 2. The third kappa shape index (κ3) is 13.5. The van der Waals surface area contributed by atoms with Gasteiger partial charge in [-0.3, -0.25) is 32.7 Å². The maximum Gasteiger partial charge on any atom is 0.484 e. The fourth-order valence-electron chi connectivity index (χ4n) is 5.51. The van der Waals surface area contributed by atoms with Crippen molar-refractivity contribution in [2.24, 2.45) is 5.11 Å². The van der Waals surface area contributed by atoms with Gasteiger partial charge in [0.25, 0.3) is 5.56 Å². The van der Waals surface area contributed by atoms with E-state index in [1.807, 2.05) is 6.92 Å². The van der Waals surface area contributed by atoms with Crippen molar-refractivity contribution < 1.29 is 68.9 Å². The van der Waals surface area contributed by atoms with E-state index in [2.05, 4.69) is 15.0 Å². The number of phosphoric acid groups is 2. The average molecular weight is 896 g/mol. The van der Waals surface area contributed by atoms with Crippen molar-refractivity contribution in [3.8, 4) is 11.5 Å². The Kier molecular flexibility index (Phi) is 15.6. The number of alkyl halides is 3. The fraction of sp³-hybridized carbons (Fsp3) is 0.351. The molecule has 1 aromatic heterocycles. The molecule has 2 heterocycles. The number of halogens is 3. The number of aromatic amines is 1. The summed E-state index contributed by atoms with van der Waals surface area (Å²) in [4.78, 5) is 64.4. The van der Waals surface area contributed by atoms with Gasteiger partial charge in [0.15, 0.2) is 0 Å². The lowest BCUT2D eigenvalue weighted by molar-refractivity contribution is -0.137. The van der Waals surface area contributed by atoms with Crippen LogP contribution in [0.3, 0.4) is 0 Å². The van der Waals surface area contributed by atoms with Gasteiger partial charge in [-0.25, -0.2) is 18.7 Å². The molecule has 0 aliphatic carbocycles. The van der Waals surface area contributed by atoms with E-state index in [0.717, 1.165) is 35.3 Å². The van der Waals surface area contributed by atoms with Crippen LogP contribution in [0, 0.1) is 6.92 Å². The Hall–Kier alpha value is -5.40. The molecule has 0 amide bonds. The number of unbranched alkanes of at least 4 members (excludes halogenated alkanes) is 1. The lowest BCUT2D eigenvalue weighted by atomic mass is 10.1. The smallest absolute Gasteiger partial charge is 0.427 e. The van der Waals surface area contributed by atoms with Crippen LogP contribution in [-0.4, -0.2) is 45.1 Å². The summed E-state index contributed by atoms with van der Waals surface area (Å²) in [5, 5.41) is 3.61. The number of benzene rings is 3. The highest BCUT2D eigenvalue weighted by Crippen LogP contribution is 2.64. The summed E-state index contributed by atoms with van der Waals surface area (Å²) >= 11 is 0. The summed E-state index contributed by atoms with van der Waals surface area (Å²) in [6.45, 7) is 1.46. The molecule has 19 nitrogen and oxygen atoms in total. The summed E-state index contributed by atoms with van der Waals surface area (Å²) < 4.78 is 104. The number of phosphoric ester groups is 2. The van der Waals surface area contributed by atoms with Gasteiger partial charge in [0.05, 0.1) is 43.1 Å². The van der Waals surface area contributed by atoms with Gasteiger partial charge in [0, 0.05) is 29.5 Å². The number of nitrogens with one attached hydrogen (secondary N) is 1. The number of rotatable bonds is 19. The van der Waals surface area contributed by atoms with Crippen LogP contribution >= 0.6 is 15.6 Å². The van der Waals surface area contributed by atoms with Crippen molar-refractivity contribution in [3.05, 3.63) is 138 Å². The summed E-state index contributed by atoms with van der Waals surface area (Å²) in [7, 11) is -10.5. The first-order chi connectivity index (χ1) is 28.9. The number of nitrogens with zero attached hydrogens (tertiary/aromatic N) is 4. The number of aryl methyl sites for hydroxylation is 1. The van der Waals surface area contributed by atoms with Gasteiger partial charge in [-0.2, -0.15) is 17.5 Å². The van der Waals surface area contributed by atoms with Crippen molar-refractivity contribution in [2.45, 2.75) is 77.3 Å². The number of ether oxygens (including phenoxy) is 3. The fourth-order valence-corrected chi connectivity index (χ4v) is 8.11. The lowest BCUT2D eigenvalue weighted by Crippen LogP contribution is -2.33. The van der Waals surface area contributed by atoms with Crippen molar-refractivity contribution in [3.63, 3.8) is 0 Å². The Bertz CT molecular complexity index is 2440. The second-order valence-corrected chi connectivity index (χ2v) is 16.5.